The average molecular weight is 437 g/mol. The number of methoxy groups -OCH3 is 1. The summed E-state index contributed by atoms with van der Waals surface area (Å²) in [6, 6.07) is 18.1. The Balaban J connectivity index is 1.58. The summed E-state index contributed by atoms with van der Waals surface area (Å²) < 4.78 is 23.7. The molecule has 0 bridgehead atoms. The summed E-state index contributed by atoms with van der Waals surface area (Å²) in [5.74, 6) is 1.06. The Morgan fingerprint density at radius 2 is 1.69 bits per heavy atom. The molecule has 32 heavy (non-hydrogen) atoms. The highest BCUT2D eigenvalue weighted by atomic mass is 16.6. The van der Waals surface area contributed by atoms with Crippen molar-refractivity contribution in [2.75, 3.05) is 13.7 Å². The van der Waals surface area contributed by atoms with Crippen LogP contribution in [0.1, 0.15) is 18.2 Å². The number of benzene rings is 2. The zero-order valence-corrected chi connectivity index (χ0v) is 18.4. The van der Waals surface area contributed by atoms with Crippen LogP contribution in [0.4, 0.5) is 0 Å². The number of hydrogen-bond donors (Lipinski definition) is 0. The van der Waals surface area contributed by atoms with Crippen LogP contribution in [0.15, 0.2) is 71.7 Å². The van der Waals surface area contributed by atoms with E-state index in [2.05, 4.69) is 0 Å². The fraction of sp³-hybridized carbons (Fsp3) is 0.280. The van der Waals surface area contributed by atoms with E-state index in [4.69, 9.17) is 18.9 Å². The second kappa shape index (κ2) is 11.0. The molecule has 0 fully saturated rings. The number of nitrogens with zero attached hydrogens (tertiary/aromatic N) is 1. The molecule has 0 N–H and O–H groups in total. The zero-order chi connectivity index (χ0) is 22.9. The molecule has 3 rings (SSSR count). The smallest absolute Gasteiger partial charge is 0.347 e. The van der Waals surface area contributed by atoms with E-state index in [0.717, 1.165) is 17.1 Å². The van der Waals surface area contributed by atoms with Gasteiger partial charge in [0.1, 0.15) is 24.7 Å². The number of carbonyl (C=O) groups is 1. The van der Waals surface area contributed by atoms with Gasteiger partial charge in [-0.2, -0.15) is 0 Å². The largest absolute Gasteiger partial charge is 0.497 e. The van der Waals surface area contributed by atoms with Crippen molar-refractivity contribution in [3.63, 3.8) is 0 Å². The first-order valence-electron chi connectivity index (χ1n) is 10.3. The number of pyridine rings is 1. The Hall–Kier alpha value is -3.74. The van der Waals surface area contributed by atoms with Gasteiger partial charge in [-0.15, -0.1) is 0 Å². The summed E-state index contributed by atoms with van der Waals surface area (Å²) in [5.41, 5.74) is 1.19. The molecule has 0 aliphatic heterocycles. The molecule has 0 aliphatic rings. The third-order valence-corrected chi connectivity index (χ3v) is 4.90. The second-order valence-electron chi connectivity index (χ2n) is 7.17. The van der Waals surface area contributed by atoms with E-state index in [1.54, 1.807) is 27.2 Å². The van der Waals surface area contributed by atoms with Crippen LogP contribution in [-0.4, -0.2) is 30.4 Å². The molecule has 0 saturated carbocycles. The van der Waals surface area contributed by atoms with Gasteiger partial charge in [0.2, 0.25) is 5.43 Å². The molecule has 7 heteroatoms. The van der Waals surface area contributed by atoms with E-state index < -0.39 is 12.1 Å². The van der Waals surface area contributed by atoms with Crippen molar-refractivity contribution in [1.29, 1.82) is 0 Å². The lowest BCUT2D eigenvalue weighted by atomic mass is 10.2. The first kappa shape index (κ1) is 22.9. The fourth-order valence-corrected chi connectivity index (χ4v) is 3.04. The van der Waals surface area contributed by atoms with E-state index in [-0.39, 0.29) is 17.8 Å². The molecule has 0 saturated heterocycles. The van der Waals surface area contributed by atoms with E-state index in [9.17, 15) is 9.59 Å². The molecule has 3 aromatic rings. The summed E-state index contributed by atoms with van der Waals surface area (Å²) in [6.07, 6.45) is 0.761. The monoisotopic (exact) mass is 437 g/mol. The fourth-order valence-electron chi connectivity index (χ4n) is 3.04. The van der Waals surface area contributed by atoms with Gasteiger partial charge in [0.25, 0.3) is 0 Å². The number of ether oxygens (including phenoxy) is 4. The summed E-state index contributed by atoms with van der Waals surface area (Å²) in [4.78, 5) is 24.7. The van der Waals surface area contributed by atoms with Crippen molar-refractivity contribution in [3.8, 4) is 17.2 Å². The number of hydrogen-bond acceptors (Lipinski definition) is 6. The Kier molecular flexibility index (Phi) is 7.91. The standard InChI is InChI=1S/C25H27NO6/c1-18-24(32-19(2)25(28)31-17-20-7-5-4-6-8-20)23(27)13-14-26(18)15-16-30-22-11-9-21(29-3)10-12-22/h4-14,19H,15-17H2,1-3H3. The number of esters is 1. The van der Waals surface area contributed by atoms with E-state index >= 15 is 0 Å². The highest BCUT2D eigenvalue weighted by Crippen LogP contribution is 2.18. The predicted molar refractivity (Wildman–Crippen MR) is 120 cm³/mol. The van der Waals surface area contributed by atoms with Gasteiger partial charge in [-0.05, 0) is 43.7 Å². The molecule has 0 spiro atoms. The van der Waals surface area contributed by atoms with E-state index in [1.807, 2.05) is 59.2 Å². The van der Waals surface area contributed by atoms with Crippen molar-refractivity contribution < 1.29 is 23.7 Å². The topological polar surface area (TPSA) is 76.0 Å². The van der Waals surface area contributed by atoms with Gasteiger partial charge < -0.3 is 23.5 Å². The minimum Gasteiger partial charge on any atom is -0.497 e. The first-order valence-corrected chi connectivity index (χ1v) is 10.3. The molecule has 168 valence electrons. The molecule has 1 aromatic heterocycles. The third kappa shape index (κ3) is 6.14. The molecule has 0 radical (unpaired) electrons. The van der Waals surface area contributed by atoms with Crippen molar-refractivity contribution in [2.24, 2.45) is 0 Å². The summed E-state index contributed by atoms with van der Waals surface area (Å²) in [5, 5.41) is 0. The van der Waals surface area contributed by atoms with Gasteiger partial charge in [0.05, 0.1) is 19.3 Å². The van der Waals surface area contributed by atoms with Crippen LogP contribution in [0.3, 0.4) is 0 Å². The van der Waals surface area contributed by atoms with Crippen LogP contribution in [0.2, 0.25) is 0 Å². The van der Waals surface area contributed by atoms with Crippen molar-refractivity contribution in [2.45, 2.75) is 33.1 Å². The normalized spacial score (nSPS) is 11.5. The van der Waals surface area contributed by atoms with Gasteiger partial charge in [0, 0.05) is 12.3 Å². The van der Waals surface area contributed by atoms with Gasteiger partial charge in [-0.3, -0.25) is 4.79 Å². The molecular formula is C25H27NO6. The Morgan fingerprint density at radius 1 is 1.00 bits per heavy atom. The SMILES string of the molecule is COc1ccc(OCCn2ccc(=O)c(OC(C)C(=O)OCc3ccccc3)c2C)cc1. The average Bonchev–Trinajstić information content (AvgIpc) is 2.82. The van der Waals surface area contributed by atoms with Crippen LogP contribution >= 0.6 is 0 Å². The lowest BCUT2D eigenvalue weighted by Gasteiger charge is -2.18. The minimum absolute atomic E-state index is 0.126. The van der Waals surface area contributed by atoms with Crippen molar-refractivity contribution in [1.82, 2.24) is 4.57 Å². The summed E-state index contributed by atoms with van der Waals surface area (Å²) in [7, 11) is 1.61. The lowest BCUT2D eigenvalue weighted by Crippen LogP contribution is -2.29. The molecule has 1 atom stereocenters. The minimum atomic E-state index is -0.920. The highest BCUT2D eigenvalue weighted by molar-refractivity contribution is 5.74. The van der Waals surface area contributed by atoms with E-state index in [0.29, 0.717) is 18.8 Å². The van der Waals surface area contributed by atoms with Gasteiger partial charge in [-0.1, -0.05) is 30.3 Å². The van der Waals surface area contributed by atoms with E-state index in [1.165, 1.54) is 6.07 Å². The maximum Gasteiger partial charge on any atom is 0.347 e. The van der Waals surface area contributed by atoms with Gasteiger partial charge in [-0.25, -0.2) is 4.79 Å². The van der Waals surface area contributed by atoms with Crippen LogP contribution < -0.4 is 19.6 Å². The zero-order valence-electron chi connectivity index (χ0n) is 18.4. The third-order valence-electron chi connectivity index (χ3n) is 4.90. The van der Waals surface area contributed by atoms with Crippen molar-refractivity contribution in [3.05, 3.63) is 88.3 Å². The highest BCUT2D eigenvalue weighted by Gasteiger charge is 2.20. The number of aromatic nitrogens is 1. The molecule has 1 unspecified atom stereocenters. The molecular weight excluding hydrogens is 410 g/mol. The lowest BCUT2D eigenvalue weighted by molar-refractivity contribution is -0.152. The first-order chi connectivity index (χ1) is 15.5. The Bertz CT molecular complexity index is 1080. The maximum absolute atomic E-state index is 12.4. The summed E-state index contributed by atoms with van der Waals surface area (Å²) >= 11 is 0. The Morgan fingerprint density at radius 3 is 2.38 bits per heavy atom. The van der Waals surface area contributed by atoms with Crippen LogP contribution in [-0.2, 0) is 22.7 Å². The molecule has 2 aromatic carbocycles. The Labute approximate surface area is 187 Å². The van der Waals surface area contributed by atoms with Crippen LogP contribution in [0.25, 0.3) is 0 Å². The molecule has 7 nitrogen and oxygen atoms in total. The van der Waals surface area contributed by atoms with Crippen LogP contribution in [0.5, 0.6) is 17.2 Å². The number of carbonyl (C=O) groups excluding carboxylic acids is 1. The molecule has 0 aliphatic carbocycles. The van der Waals surface area contributed by atoms with Gasteiger partial charge >= 0.3 is 5.97 Å². The van der Waals surface area contributed by atoms with Crippen molar-refractivity contribution >= 4 is 5.97 Å². The second-order valence-corrected chi connectivity index (χ2v) is 7.17. The van der Waals surface area contributed by atoms with Gasteiger partial charge in [0.15, 0.2) is 11.9 Å². The predicted octanol–water partition coefficient (Wildman–Crippen LogP) is 3.76. The quantitative estimate of drug-likeness (QED) is 0.450. The number of rotatable bonds is 10. The summed E-state index contributed by atoms with van der Waals surface area (Å²) in [6.45, 7) is 4.38. The molecule has 0 amide bonds. The molecule has 1 heterocycles. The van der Waals surface area contributed by atoms with Crippen LogP contribution in [0, 0.1) is 6.92 Å². The maximum atomic E-state index is 12.4.